The molecule has 5 heteroatoms. The van der Waals surface area contributed by atoms with Crippen molar-refractivity contribution in [3.8, 4) is 33.8 Å². The van der Waals surface area contributed by atoms with Gasteiger partial charge in [0, 0.05) is 28.7 Å². The molecular weight excluding hydrogens is 440 g/mol. The molecule has 0 spiro atoms. The molecule has 0 saturated carbocycles. The minimum atomic E-state index is -1.23. The van der Waals surface area contributed by atoms with Gasteiger partial charge in [0.15, 0.2) is 0 Å². The Labute approximate surface area is 206 Å². The molecule has 1 aliphatic rings. The highest BCUT2D eigenvalue weighted by Crippen LogP contribution is 2.48. The van der Waals surface area contributed by atoms with Gasteiger partial charge >= 0.3 is 11.9 Å². The summed E-state index contributed by atoms with van der Waals surface area (Å²) in [6.07, 6.45) is -0.127. The fourth-order valence-electron chi connectivity index (χ4n) is 4.73. The van der Waals surface area contributed by atoms with Crippen LogP contribution in [-0.2, 0) is 26.8 Å². The summed E-state index contributed by atoms with van der Waals surface area (Å²) in [5, 5.41) is 20.3. The number of esters is 1. The van der Waals surface area contributed by atoms with Crippen molar-refractivity contribution in [1.29, 1.82) is 0 Å². The monoisotopic (exact) mass is 472 g/mol. The molecule has 0 atom stereocenters. The Morgan fingerprint density at radius 3 is 2.00 bits per heavy atom. The molecule has 35 heavy (non-hydrogen) atoms. The SMILES string of the molecule is CC(C)(C)c1cc(-c2ccc3c(c2OC(=O)CC(=O)O)Cc2ccccc2-3)cc(C(C)(C)C)c1O. The highest BCUT2D eigenvalue weighted by Gasteiger charge is 2.30. The molecule has 4 rings (SSSR count). The Hall–Kier alpha value is -3.60. The fraction of sp³-hybridized carbons (Fsp3) is 0.333. The number of carboxylic acids is 1. The van der Waals surface area contributed by atoms with Crippen molar-refractivity contribution >= 4 is 11.9 Å². The number of aliphatic carboxylic acids is 1. The van der Waals surface area contributed by atoms with Gasteiger partial charge in [-0.1, -0.05) is 71.9 Å². The summed E-state index contributed by atoms with van der Waals surface area (Å²) in [6, 6.07) is 15.9. The molecule has 0 unspecified atom stereocenters. The standard InChI is InChI=1S/C30H32O5/c1-29(2,3)23-14-18(15-24(27(23)34)30(4,5)6)20-11-12-21-19-10-8-7-9-17(19)13-22(21)28(20)35-26(33)16-25(31)32/h7-12,14-15,34H,13,16H2,1-6H3,(H,31,32). The van der Waals surface area contributed by atoms with E-state index in [9.17, 15) is 14.7 Å². The number of carbonyl (C=O) groups is 2. The first-order valence-electron chi connectivity index (χ1n) is 11.8. The van der Waals surface area contributed by atoms with Gasteiger partial charge in [0.1, 0.15) is 17.9 Å². The van der Waals surface area contributed by atoms with E-state index in [1.54, 1.807) is 0 Å². The summed E-state index contributed by atoms with van der Waals surface area (Å²) < 4.78 is 5.78. The number of benzene rings is 3. The van der Waals surface area contributed by atoms with Gasteiger partial charge < -0.3 is 14.9 Å². The molecule has 0 heterocycles. The van der Waals surface area contributed by atoms with Crippen molar-refractivity contribution in [2.24, 2.45) is 0 Å². The number of phenols is 1. The molecule has 0 saturated heterocycles. The van der Waals surface area contributed by atoms with Crippen LogP contribution < -0.4 is 4.74 Å². The number of carbonyl (C=O) groups excluding carboxylic acids is 1. The Bertz CT molecular complexity index is 1300. The maximum absolute atomic E-state index is 12.5. The highest BCUT2D eigenvalue weighted by molar-refractivity contribution is 5.94. The minimum Gasteiger partial charge on any atom is -0.507 e. The molecule has 0 amide bonds. The molecule has 0 aromatic heterocycles. The summed E-state index contributed by atoms with van der Waals surface area (Å²) in [6.45, 7) is 12.3. The summed E-state index contributed by atoms with van der Waals surface area (Å²) >= 11 is 0. The van der Waals surface area contributed by atoms with Crippen LogP contribution in [0.1, 0.15) is 70.2 Å². The van der Waals surface area contributed by atoms with E-state index in [1.807, 2.05) is 90.1 Å². The van der Waals surface area contributed by atoms with Gasteiger partial charge in [0.05, 0.1) is 0 Å². The van der Waals surface area contributed by atoms with E-state index in [0.29, 0.717) is 17.7 Å². The van der Waals surface area contributed by atoms with Crippen molar-refractivity contribution in [3.63, 3.8) is 0 Å². The lowest BCUT2D eigenvalue weighted by Crippen LogP contribution is -2.18. The van der Waals surface area contributed by atoms with E-state index in [2.05, 4.69) is 0 Å². The van der Waals surface area contributed by atoms with E-state index in [1.165, 1.54) is 0 Å². The Morgan fingerprint density at radius 2 is 1.43 bits per heavy atom. The third-order valence-corrected chi connectivity index (χ3v) is 6.48. The van der Waals surface area contributed by atoms with Crippen LogP contribution >= 0.6 is 0 Å². The van der Waals surface area contributed by atoms with Crippen LogP contribution in [0.3, 0.4) is 0 Å². The van der Waals surface area contributed by atoms with Gasteiger partial charge in [-0.3, -0.25) is 9.59 Å². The molecule has 2 N–H and O–H groups in total. The first kappa shape index (κ1) is 24.5. The normalized spacial score (nSPS) is 12.7. The number of hydrogen-bond acceptors (Lipinski definition) is 4. The van der Waals surface area contributed by atoms with Crippen LogP contribution in [0.4, 0.5) is 0 Å². The van der Waals surface area contributed by atoms with Crippen molar-refractivity contribution in [3.05, 3.63) is 70.8 Å². The van der Waals surface area contributed by atoms with Gasteiger partial charge in [0.25, 0.3) is 0 Å². The van der Waals surface area contributed by atoms with Crippen LogP contribution in [0.2, 0.25) is 0 Å². The first-order valence-corrected chi connectivity index (χ1v) is 11.8. The zero-order chi connectivity index (χ0) is 25.7. The smallest absolute Gasteiger partial charge is 0.322 e. The van der Waals surface area contributed by atoms with Gasteiger partial charge in [-0.15, -0.1) is 0 Å². The Morgan fingerprint density at radius 1 is 0.857 bits per heavy atom. The van der Waals surface area contributed by atoms with Crippen LogP contribution in [0, 0.1) is 0 Å². The van der Waals surface area contributed by atoms with Crippen LogP contribution in [0.25, 0.3) is 22.3 Å². The third-order valence-electron chi connectivity index (χ3n) is 6.48. The van der Waals surface area contributed by atoms with Crippen molar-refractivity contribution in [2.45, 2.75) is 65.2 Å². The molecule has 0 bridgehead atoms. The van der Waals surface area contributed by atoms with E-state index < -0.39 is 18.4 Å². The lowest BCUT2D eigenvalue weighted by Gasteiger charge is -2.28. The number of aromatic hydroxyl groups is 1. The zero-order valence-electron chi connectivity index (χ0n) is 21.2. The number of ether oxygens (including phenoxy) is 1. The summed E-state index contributed by atoms with van der Waals surface area (Å²) in [7, 11) is 0. The second-order valence-electron chi connectivity index (χ2n) is 11.3. The Kier molecular flexibility index (Phi) is 6.00. The third kappa shape index (κ3) is 4.68. The quantitative estimate of drug-likeness (QED) is 0.198. The number of carboxylic acid groups (broad SMARTS) is 1. The van der Waals surface area contributed by atoms with Crippen LogP contribution in [-0.4, -0.2) is 22.2 Å². The number of rotatable bonds is 4. The number of hydrogen-bond donors (Lipinski definition) is 2. The number of phenolic OH excluding ortho intramolecular Hbond substituents is 1. The first-order chi connectivity index (χ1) is 16.3. The zero-order valence-corrected chi connectivity index (χ0v) is 21.2. The maximum Gasteiger partial charge on any atom is 0.322 e. The lowest BCUT2D eigenvalue weighted by molar-refractivity contribution is -0.145. The van der Waals surface area contributed by atoms with Crippen LogP contribution in [0.5, 0.6) is 11.5 Å². The van der Waals surface area contributed by atoms with Crippen molar-refractivity contribution in [2.75, 3.05) is 0 Å². The highest BCUT2D eigenvalue weighted by atomic mass is 16.5. The van der Waals surface area contributed by atoms with E-state index in [4.69, 9.17) is 9.84 Å². The predicted octanol–water partition coefficient (Wildman–Crippen LogP) is 6.61. The lowest BCUT2D eigenvalue weighted by atomic mass is 9.77. The predicted molar refractivity (Wildman–Crippen MR) is 137 cm³/mol. The maximum atomic E-state index is 12.5. The minimum absolute atomic E-state index is 0.270. The average molecular weight is 473 g/mol. The second kappa shape index (κ2) is 8.56. The second-order valence-corrected chi connectivity index (χ2v) is 11.3. The molecule has 1 aliphatic carbocycles. The molecule has 0 aliphatic heterocycles. The molecule has 0 radical (unpaired) electrons. The van der Waals surface area contributed by atoms with Crippen molar-refractivity contribution < 1.29 is 24.5 Å². The molecule has 0 fully saturated rings. The van der Waals surface area contributed by atoms with Gasteiger partial charge in [-0.25, -0.2) is 0 Å². The van der Waals surface area contributed by atoms with Crippen molar-refractivity contribution in [1.82, 2.24) is 0 Å². The van der Waals surface area contributed by atoms with Gasteiger partial charge in [-0.2, -0.15) is 0 Å². The van der Waals surface area contributed by atoms with E-state index in [-0.39, 0.29) is 16.6 Å². The largest absolute Gasteiger partial charge is 0.507 e. The molecule has 182 valence electrons. The van der Waals surface area contributed by atoms with E-state index in [0.717, 1.165) is 38.9 Å². The summed E-state index contributed by atoms with van der Waals surface area (Å²) in [4.78, 5) is 23.7. The molecular formula is C30H32O5. The summed E-state index contributed by atoms with van der Waals surface area (Å²) in [5.41, 5.74) is 6.52. The average Bonchev–Trinajstić information content (AvgIpc) is 3.11. The van der Waals surface area contributed by atoms with E-state index >= 15 is 0 Å². The molecule has 3 aromatic rings. The van der Waals surface area contributed by atoms with Gasteiger partial charge in [-0.05, 0) is 51.3 Å². The molecule has 3 aromatic carbocycles. The topological polar surface area (TPSA) is 83.8 Å². The Balaban J connectivity index is 1.98. The van der Waals surface area contributed by atoms with Gasteiger partial charge in [0.2, 0.25) is 0 Å². The summed E-state index contributed by atoms with van der Waals surface area (Å²) in [5.74, 6) is -1.39. The number of fused-ring (bicyclic) bond motifs is 3. The van der Waals surface area contributed by atoms with Crippen LogP contribution in [0.15, 0.2) is 48.5 Å². The molecule has 5 nitrogen and oxygen atoms in total. The fourth-order valence-corrected chi connectivity index (χ4v) is 4.73.